The molecule has 0 aliphatic carbocycles. The highest BCUT2D eigenvalue weighted by Gasteiger charge is 2.33. The molecule has 2 aliphatic heterocycles. The lowest BCUT2D eigenvalue weighted by Gasteiger charge is -2.38. The zero-order valence-electron chi connectivity index (χ0n) is 15.7. The van der Waals surface area contributed by atoms with Gasteiger partial charge in [-0.2, -0.15) is 0 Å². The predicted octanol–water partition coefficient (Wildman–Crippen LogP) is -0.208. The van der Waals surface area contributed by atoms with E-state index >= 15 is 0 Å². The van der Waals surface area contributed by atoms with Crippen LogP contribution < -0.4 is 5.32 Å². The molecule has 0 radical (unpaired) electrons. The van der Waals surface area contributed by atoms with Gasteiger partial charge in [0.2, 0.25) is 11.8 Å². The van der Waals surface area contributed by atoms with Crippen LogP contribution >= 0.6 is 0 Å². The number of piperazine rings is 2. The van der Waals surface area contributed by atoms with E-state index in [0.29, 0.717) is 51.4 Å². The number of nitrogens with one attached hydrogen (secondary N) is 1. The summed E-state index contributed by atoms with van der Waals surface area (Å²) in [6.45, 7) is 4.47. The number of hydrogen-bond donors (Lipinski definition) is 2. The Morgan fingerprint density at radius 3 is 2.57 bits per heavy atom. The molecule has 0 saturated carbocycles. The van der Waals surface area contributed by atoms with Gasteiger partial charge >= 0.3 is 0 Å². The second-order valence-electron chi connectivity index (χ2n) is 7.18. The second kappa shape index (κ2) is 9.40. The van der Waals surface area contributed by atoms with E-state index in [-0.39, 0.29) is 31.4 Å². The molecule has 2 saturated heterocycles. The first-order chi connectivity index (χ1) is 13.5. The van der Waals surface area contributed by atoms with Gasteiger partial charge in [-0.25, -0.2) is 8.78 Å². The van der Waals surface area contributed by atoms with Crippen molar-refractivity contribution in [1.29, 1.82) is 0 Å². The Bertz CT molecular complexity index is 710. The van der Waals surface area contributed by atoms with Crippen molar-refractivity contribution >= 4 is 11.8 Å². The Hall–Kier alpha value is -2.10. The van der Waals surface area contributed by atoms with Crippen molar-refractivity contribution in [2.75, 3.05) is 52.4 Å². The van der Waals surface area contributed by atoms with Crippen molar-refractivity contribution in [2.45, 2.75) is 19.0 Å². The Morgan fingerprint density at radius 2 is 1.89 bits per heavy atom. The van der Waals surface area contributed by atoms with Gasteiger partial charge in [0, 0.05) is 52.4 Å². The lowest BCUT2D eigenvalue weighted by molar-refractivity contribution is -0.140. The largest absolute Gasteiger partial charge is 0.395 e. The van der Waals surface area contributed by atoms with Gasteiger partial charge in [0.1, 0.15) is 0 Å². The molecule has 2 aliphatic rings. The average molecular weight is 396 g/mol. The summed E-state index contributed by atoms with van der Waals surface area (Å²) in [5, 5.41) is 11.8. The van der Waals surface area contributed by atoms with E-state index in [2.05, 4.69) is 10.2 Å². The zero-order valence-corrected chi connectivity index (χ0v) is 15.7. The van der Waals surface area contributed by atoms with Crippen molar-refractivity contribution in [3.8, 4) is 0 Å². The molecule has 28 heavy (non-hydrogen) atoms. The molecule has 7 nitrogen and oxygen atoms in total. The second-order valence-corrected chi connectivity index (χ2v) is 7.18. The molecule has 1 atom stereocenters. The van der Waals surface area contributed by atoms with Crippen LogP contribution in [0.4, 0.5) is 8.78 Å². The summed E-state index contributed by atoms with van der Waals surface area (Å²) in [5.41, 5.74) is 0.559. The third-order valence-corrected chi connectivity index (χ3v) is 5.32. The number of amides is 2. The summed E-state index contributed by atoms with van der Waals surface area (Å²) < 4.78 is 26.6. The number of aliphatic hydroxyl groups is 1. The lowest BCUT2D eigenvalue weighted by atomic mass is 10.1. The molecule has 2 fully saturated rings. The number of β-amino-alcohol motifs (C(OH)–C–C–N with tert-alkyl or cyclic N) is 1. The summed E-state index contributed by atoms with van der Waals surface area (Å²) in [7, 11) is 0. The molecule has 0 bridgehead atoms. The summed E-state index contributed by atoms with van der Waals surface area (Å²) in [5.74, 6) is -2.15. The molecule has 154 valence electrons. The first-order valence-electron chi connectivity index (χ1n) is 9.54. The fraction of sp³-hybridized carbons (Fsp3) is 0.579. The smallest absolute Gasteiger partial charge is 0.237 e. The minimum Gasteiger partial charge on any atom is -0.395 e. The maximum absolute atomic E-state index is 13.5. The molecule has 9 heteroatoms. The maximum Gasteiger partial charge on any atom is 0.237 e. The van der Waals surface area contributed by atoms with Crippen molar-refractivity contribution < 1.29 is 23.5 Å². The van der Waals surface area contributed by atoms with Crippen LogP contribution in [0.1, 0.15) is 12.0 Å². The SMILES string of the molecule is O=C1NCCN(Cc2ccc(F)c(F)c2)C1CC(=O)N1CCN(CCO)CC1. The Labute approximate surface area is 162 Å². The monoisotopic (exact) mass is 396 g/mol. The predicted molar refractivity (Wildman–Crippen MR) is 98.3 cm³/mol. The lowest BCUT2D eigenvalue weighted by Crippen LogP contribution is -2.57. The molecule has 3 rings (SSSR count). The molecule has 0 spiro atoms. The van der Waals surface area contributed by atoms with Crippen molar-refractivity contribution in [1.82, 2.24) is 20.0 Å². The van der Waals surface area contributed by atoms with Crippen LogP contribution in [0.5, 0.6) is 0 Å². The standard InChI is InChI=1S/C19H26F2N4O3/c20-15-2-1-14(11-16(15)21)13-25-4-3-22-19(28)17(25)12-18(27)24-7-5-23(6-8-24)9-10-26/h1-2,11,17,26H,3-10,12-13H2,(H,22,28). The molecular formula is C19H26F2N4O3. The van der Waals surface area contributed by atoms with E-state index in [0.717, 1.165) is 12.1 Å². The molecule has 2 N–H and O–H groups in total. The Balaban J connectivity index is 1.61. The number of rotatable bonds is 6. The van der Waals surface area contributed by atoms with Crippen molar-refractivity contribution in [3.05, 3.63) is 35.4 Å². The van der Waals surface area contributed by atoms with Gasteiger partial charge in [-0.15, -0.1) is 0 Å². The van der Waals surface area contributed by atoms with Gasteiger partial charge in [-0.3, -0.25) is 19.4 Å². The molecule has 1 aromatic carbocycles. The number of carbonyl (C=O) groups excluding carboxylic acids is 2. The molecule has 2 amide bonds. The number of hydrogen-bond acceptors (Lipinski definition) is 5. The maximum atomic E-state index is 13.5. The summed E-state index contributed by atoms with van der Waals surface area (Å²) >= 11 is 0. The minimum atomic E-state index is -0.924. The summed E-state index contributed by atoms with van der Waals surface area (Å²) in [6.07, 6.45) is 0.0511. The van der Waals surface area contributed by atoms with Crippen LogP contribution in [0.15, 0.2) is 18.2 Å². The molecule has 1 aromatic rings. The Kier molecular flexibility index (Phi) is 6.93. The average Bonchev–Trinajstić information content (AvgIpc) is 2.68. The van der Waals surface area contributed by atoms with Crippen LogP contribution in [0.3, 0.4) is 0 Å². The normalized spacial score (nSPS) is 21.6. The van der Waals surface area contributed by atoms with Gasteiger partial charge in [0.25, 0.3) is 0 Å². The number of benzene rings is 1. The van der Waals surface area contributed by atoms with Gasteiger partial charge in [0.15, 0.2) is 11.6 Å². The van der Waals surface area contributed by atoms with Crippen LogP contribution in [-0.2, 0) is 16.1 Å². The first kappa shape index (κ1) is 20.6. The van der Waals surface area contributed by atoms with Crippen LogP contribution in [-0.4, -0.2) is 90.1 Å². The van der Waals surface area contributed by atoms with Crippen LogP contribution in [0.2, 0.25) is 0 Å². The third-order valence-electron chi connectivity index (χ3n) is 5.32. The highest BCUT2D eigenvalue weighted by Crippen LogP contribution is 2.17. The van der Waals surface area contributed by atoms with E-state index in [1.54, 1.807) is 4.90 Å². The highest BCUT2D eigenvalue weighted by molar-refractivity contribution is 5.88. The van der Waals surface area contributed by atoms with E-state index in [9.17, 15) is 18.4 Å². The van der Waals surface area contributed by atoms with Crippen LogP contribution in [0, 0.1) is 11.6 Å². The first-order valence-corrected chi connectivity index (χ1v) is 9.54. The number of aliphatic hydroxyl groups excluding tert-OH is 1. The van der Waals surface area contributed by atoms with Crippen molar-refractivity contribution in [2.24, 2.45) is 0 Å². The fourth-order valence-electron chi connectivity index (χ4n) is 3.70. The van der Waals surface area contributed by atoms with E-state index in [1.807, 2.05) is 4.90 Å². The highest BCUT2D eigenvalue weighted by atomic mass is 19.2. The Morgan fingerprint density at radius 1 is 1.14 bits per heavy atom. The zero-order chi connectivity index (χ0) is 20.1. The molecule has 1 unspecified atom stereocenters. The number of nitrogens with zero attached hydrogens (tertiary/aromatic N) is 3. The summed E-state index contributed by atoms with van der Waals surface area (Å²) in [4.78, 5) is 30.8. The van der Waals surface area contributed by atoms with Gasteiger partial charge in [-0.05, 0) is 17.7 Å². The van der Waals surface area contributed by atoms with Gasteiger partial charge < -0.3 is 15.3 Å². The van der Waals surface area contributed by atoms with Gasteiger partial charge in [-0.1, -0.05) is 6.07 Å². The fourth-order valence-corrected chi connectivity index (χ4v) is 3.70. The molecule has 0 aromatic heterocycles. The molecule has 2 heterocycles. The summed E-state index contributed by atoms with van der Waals surface area (Å²) in [6, 6.07) is 3.05. The molecular weight excluding hydrogens is 370 g/mol. The topological polar surface area (TPSA) is 76.1 Å². The van der Waals surface area contributed by atoms with Crippen LogP contribution in [0.25, 0.3) is 0 Å². The van der Waals surface area contributed by atoms with E-state index < -0.39 is 17.7 Å². The van der Waals surface area contributed by atoms with E-state index in [1.165, 1.54) is 6.07 Å². The van der Waals surface area contributed by atoms with Gasteiger partial charge in [0.05, 0.1) is 19.1 Å². The van der Waals surface area contributed by atoms with E-state index in [4.69, 9.17) is 5.11 Å². The quantitative estimate of drug-likeness (QED) is 0.696. The third kappa shape index (κ3) is 5.03. The number of carbonyl (C=O) groups is 2. The van der Waals surface area contributed by atoms with Crippen molar-refractivity contribution in [3.63, 3.8) is 0 Å². The minimum absolute atomic E-state index is 0.0511. The number of halogens is 2.